The standard InChI is InChI=1S/C9H8F2O4/c1-15-5-3-2-4(6(10)7(5)11)8(12)9(13)14/h2-3,8,12H,1H3,(H,13,14). The number of carbonyl (C=O) groups is 1. The zero-order valence-electron chi connectivity index (χ0n) is 7.70. The molecule has 0 radical (unpaired) electrons. The van der Waals surface area contributed by atoms with E-state index in [4.69, 9.17) is 10.2 Å². The molecule has 6 heteroatoms. The molecule has 1 atom stereocenters. The summed E-state index contributed by atoms with van der Waals surface area (Å²) in [6.07, 6.45) is -2.09. The van der Waals surface area contributed by atoms with Gasteiger partial charge in [0.15, 0.2) is 17.7 Å². The van der Waals surface area contributed by atoms with Crippen LogP contribution < -0.4 is 4.74 Å². The molecule has 0 bridgehead atoms. The number of methoxy groups -OCH3 is 1. The van der Waals surface area contributed by atoms with E-state index in [9.17, 15) is 13.6 Å². The van der Waals surface area contributed by atoms with Gasteiger partial charge in [-0.15, -0.1) is 0 Å². The van der Waals surface area contributed by atoms with Gasteiger partial charge in [0.1, 0.15) is 0 Å². The molecule has 0 fully saturated rings. The maximum Gasteiger partial charge on any atom is 0.337 e. The van der Waals surface area contributed by atoms with Crippen LogP contribution in [0.5, 0.6) is 5.75 Å². The van der Waals surface area contributed by atoms with E-state index in [1.54, 1.807) is 0 Å². The third-order valence-electron chi connectivity index (χ3n) is 1.83. The van der Waals surface area contributed by atoms with Gasteiger partial charge in [0.2, 0.25) is 5.82 Å². The first kappa shape index (κ1) is 11.4. The van der Waals surface area contributed by atoms with Crippen molar-refractivity contribution < 1.29 is 28.5 Å². The van der Waals surface area contributed by atoms with Gasteiger partial charge in [0, 0.05) is 5.56 Å². The summed E-state index contributed by atoms with van der Waals surface area (Å²) < 4.78 is 30.7. The lowest BCUT2D eigenvalue weighted by Crippen LogP contribution is -2.13. The van der Waals surface area contributed by atoms with Gasteiger partial charge in [0.25, 0.3) is 0 Å². The summed E-state index contributed by atoms with van der Waals surface area (Å²) in [6.45, 7) is 0. The lowest BCUT2D eigenvalue weighted by molar-refractivity contribution is -0.147. The number of hydrogen-bond donors (Lipinski definition) is 2. The van der Waals surface area contributed by atoms with Gasteiger partial charge < -0.3 is 14.9 Å². The van der Waals surface area contributed by atoms with Gasteiger partial charge in [-0.2, -0.15) is 4.39 Å². The highest BCUT2D eigenvalue weighted by atomic mass is 19.2. The fourth-order valence-electron chi connectivity index (χ4n) is 1.05. The Balaban J connectivity index is 3.23. The van der Waals surface area contributed by atoms with E-state index in [0.29, 0.717) is 0 Å². The molecule has 0 saturated carbocycles. The van der Waals surface area contributed by atoms with Crippen molar-refractivity contribution in [2.75, 3.05) is 7.11 Å². The molecule has 2 N–H and O–H groups in total. The first-order chi connectivity index (χ1) is 6.99. The van der Waals surface area contributed by atoms with E-state index in [0.717, 1.165) is 19.2 Å². The van der Waals surface area contributed by atoms with Gasteiger partial charge in [-0.1, -0.05) is 0 Å². The molecule has 0 aromatic heterocycles. The highest BCUT2D eigenvalue weighted by molar-refractivity contribution is 5.74. The molecular weight excluding hydrogens is 210 g/mol. The minimum atomic E-state index is -2.09. The number of rotatable bonds is 3. The Morgan fingerprint density at radius 3 is 2.47 bits per heavy atom. The number of carboxylic acid groups (broad SMARTS) is 1. The van der Waals surface area contributed by atoms with Crippen LogP contribution in [-0.2, 0) is 4.79 Å². The Kier molecular flexibility index (Phi) is 3.21. The van der Waals surface area contributed by atoms with Crippen LogP contribution in [-0.4, -0.2) is 23.3 Å². The van der Waals surface area contributed by atoms with Crippen molar-refractivity contribution in [3.63, 3.8) is 0 Å². The number of aliphatic hydroxyl groups excluding tert-OH is 1. The molecule has 0 heterocycles. The van der Waals surface area contributed by atoms with Crippen molar-refractivity contribution in [3.8, 4) is 5.75 Å². The zero-order valence-corrected chi connectivity index (χ0v) is 7.70. The molecular formula is C9H8F2O4. The number of aliphatic carboxylic acids is 1. The van der Waals surface area contributed by atoms with Gasteiger partial charge in [-0.05, 0) is 12.1 Å². The molecule has 1 unspecified atom stereocenters. The predicted octanol–water partition coefficient (Wildman–Crippen LogP) is 1.09. The van der Waals surface area contributed by atoms with Crippen LogP contribution >= 0.6 is 0 Å². The molecule has 0 saturated heterocycles. The van der Waals surface area contributed by atoms with Crippen molar-refractivity contribution in [2.24, 2.45) is 0 Å². The quantitative estimate of drug-likeness (QED) is 0.796. The molecule has 1 aromatic rings. The molecule has 82 valence electrons. The van der Waals surface area contributed by atoms with Crippen LogP contribution in [0.15, 0.2) is 12.1 Å². The third kappa shape index (κ3) is 2.04. The lowest BCUT2D eigenvalue weighted by atomic mass is 10.1. The van der Waals surface area contributed by atoms with Crippen LogP contribution in [0.2, 0.25) is 0 Å². The molecule has 0 amide bonds. The van der Waals surface area contributed by atoms with Crippen LogP contribution in [0.3, 0.4) is 0 Å². The summed E-state index contributed by atoms with van der Waals surface area (Å²) in [6, 6.07) is 2.00. The monoisotopic (exact) mass is 218 g/mol. The van der Waals surface area contributed by atoms with Crippen LogP contribution in [0.1, 0.15) is 11.7 Å². The van der Waals surface area contributed by atoms with Crippen molar-refractivity contribution in [3.05, 3.63) is 29.3 Å². The predicted molar refractivity (Wildman–Crippen MR) is 45.5 cm³/mol. The van der Waals surface area contributed by atoms with Crippen molar-refractivity contribution in [2.45, 2.75) is 6.10 Å². The summed E-state index contributed by atoms with van der Waals surface area (Å²) in [7, 11) is 1.14. The van der Waals surface area contributed by atoms with E-state index in [2.05, 4.69) is 4.74 Å². The highest BCUT2D eigenvalue weighted by Gasteiger charge is 2.23. The average Bonchev–Trinajstić information content (AvgIpc) is 2.21. The third-order valence-corrected chi connectivity index (χ3v) is 1.83. The Morgan fingerprint density at radius 1 is 1.40 bits per heavy atom. The van der Waals surface area contributed by atoms with E-state index >= 15 is 0 Å². The first-order valence-corrected chi connectivity index (χ1v) is 3.91. The average molecular weight is 218 g/mol. The summed E-state index contributed by atoms with van der Waals surface area (Å²) in [5.41, 5.74) is -0.638. The van der Waals surface area contributed by atoms with E-state index in [1.165, 1.54) is 0 Å². The summed E-state index contributed by atoms with van der Waals surface area (Å²) in [4.78, 5) is 10.3. The molecule has 1 aromatic carbocycles. The minimum absolute atomic E-state index is 0.353. The fourth-order valence-corrected chi connectivity index (χ4v) is 1.05. The highest BCUT2D eigenvalue weighted by Crippen LogP contribution is 2.26. The van der Waals surface area contributed by atoms with Gasteiger partial charge in [-0.25, -0.2) is 9.18 Å². The Hall–Kier alpha value is -1.69. The van der Waals surface area contributed by atoms with E-state index in [1.807, 2.05) is 0 Å². The molecule has 4 nitrogen and oxygen atoms in total. The first-order valence-electron chi connectivity index (χ1n) is 3.91. The Morgan fingerprint density at radius 2 is 2.00 bits per heavy atom. The normalized spacial score (nSPS) is 12.3. The second kappa shape index (κ2) is 4.22. The number of ether oxygens (including phenoxy) is 1. The van der Waals surface area contributed by atoms with Gasteiger partial charge in [-0.3, -0.25) is 0 Å². The smallest absolute Gasteiger partial charge is 0.337 e. The SMILES string of the molecule is COc1ccc(C(O)C(=O)O)c(F)c1F. The van der Waals surface area contributed by atoms with Crippen LogP contribution in [0.25, 0.3) is 0 Å². The maximum atomic E-state index is 13.2. The van der Waals surface area contributed by atoms with E-state index < -0.39 is 29.3 Å². The molecule has 0 spiro atoms. The summed E-state index contributed by atoms with van der Waals surface area (Å²) >= 11 is 0. The topological polar surface area (TPSA) is 66.8 Å². The lowest BCUT2D eigenvalue weighted by Gasteiger charge is -2.09. The number of hydrogen-bond acceptors (Lipinski definition) is 3. The second-order valence-corrected chi connectivity index (χ2v) is 2.73. The van der Waals surface area contributed by atoms with Crippen molar-refractivity contribution >= 4 is 5.97 Å². The van der Waals surface area contributed by atoms with Crippen molar-refractivity contribution in [1.29, 1.82) is 0 Å². The number of benzene rings is 1. The van der Waals surface area contributed by atoms with Crippen LogP contribution in [0, 0.1) is 11.6 Å². The largest absolute Gasteiger partial charge is 0.494 e. The Bertz CT molecular complexity index is 392. The number of aliphatic hydroxyl groups is 1. The summed E-state index contributed by atoms with van der Waals surface area (Å²) in [5, 5.41) is 17.4. The maximum absolute atomic E-state index is 13.2. The molecule has 0 aliphatic carbocycles. The van der Waals surface area contributed by atoms with Crippen molar-refractivity contribution in [1.82, 2.24) is 0 Å². The number of halogens is 2. The molecule has 0 aliphatic rings. The summed E-state index contributed by atoms with van der Waals surface area (Å²) in [5.74, 6) is -4.76. The number of carboxylic acids is 1. The fraction of sp³-hybridized carbons (Fsp3) is 0.222. The second-order valence-electron chi connectivity index (χ2n) is 2.73. The minimum Gasteiger partial charge on any atom is -0.494 e. The van der Waals surface area contributed by atoms with Crippen LogP contribution in [0.4, 0.5) is 8.78 Å². The van der Waals surface area contributed by atoms with E-state index in [-0.39, 0.29) is 5.75 Å². The molecule has 1 rings (SSSR count). The van der Waals surface area contributed by atoms with Gasteiger partial charge in [0.05, 0.1) is 7.11 Å². The Labute approximate surface area is 83.7 Å². The molecule has 0 aliphatic heterocycles. The molecule has 15 heavy (non-hydrogen) atoms. The van der Waals surface area contributed by atoms with Gasteiger partial charge >= 0.3 is 5.97 Å². The zero-order chi connectivity index (χ0) is 11.6.